The summed E-state index contributed by atoms with van der Waals surface area (Å²) >= 11 is 0. The van der Waals surface area contributed by atoms with Crippen LogP contribution in [0, 0.1) is 11.8 Å². The number of amides is 1. The lowest BCUT2D eigenvalue weighted by molar-refractivity contribution is -0.141. The molecule has 8 heteroatoms. The highest BCUT2D eigenvalue weighted by molar-refractivity contribution is 5.72. The van der Waals surface area contributed by atoms with Crippen molar-refractivity contribution in [1.29, 1.82) is 0 Å². The molecule has 0 fully saturated rings. The first kappa shape index (κ1) is 14.8. The summed E-state index contributed by atoms with van der Waals surface area (Å²) in [4.78, 5) is 17.2. The van der Waals surface area contributed by atoms with Gasteiger partial charge >= 0.3 is 6.18 Å². The number of hydrogen-bond acceptors (Lipinski definition) is 4. The van der Waals surface area contributed by atoms with Crippen LogP contribution in [0.3, 0.4) is 0 Å². The van der Waals surface area contributed by atoms with Crippen molar-refractivity contribution < 1.29 is 18.0 Å². The highest BCUT2D eigenvalue weighted by Crippen LogP contribution is 2.29. The molecule has 0 aromatic carbocycles. The molecule has 0 atom stereocenters. The van der Waals surface area contributed by atoms with Crippen molar-refractivity contribution in [3.8, 4) is 11.8 Å². The van der Waals surface area contributed by atoms with Gasteiger partial charge in [0.1, 0.15) is 0 Å². The van der Waals surface area contributed by atoms with Crippen LogP contribution in [0.1, 0.15) is 24.6 Å². The number of rotatable bonds is 2. The van der Waals surface area contributed by atoms with Crippen LogP contribution in [-0.4, -0.2) is 22.4 Å². The van der Waals surface area contributed by atoms with Crippen molar-refractivity contribution in [3.05, 3.63) is 17.5 Å². The molecule has 1 aromatic rings. The van der Waals surface area contributed by atoms with Crippen LogP contribution < -0.4 is 11.1 Å². The fraction of sp³-hybridized carbons (Fsp3) is 0.364. The molecule has 102 valence electrons. The van der Waals surface area contributed by atoms with E-state index in [1.165, 1.54) is 6.92 Å². The SMILES string of the molecule is CC(=O)NCCC#Cc1cnc(N)nc1C(F)(F)F. The first-order chi connectivity index (χ1) is 8.80. The largest absolute Gasteiger partial charge is 0.434 e. The lowest BCUT2D eigenvalue weighted by atomic mass is 10.2. The smallest absolute Gasteiger partial charge is 0.368 e. The summed E-state index contributed by atoms with van der Waals surface area (Å²) in [7, 11) is 0. The number of carbonyl (C=O) groups excluding carboxylic acids is 1. The maximum absolute atomic E-state index is 12.6. The van der Waals surface area contributed by atoms with E-state index in [9.17, 15) is 18.0 Å². The zero-order chi connectivity index (χ0) is 14.5. The van der Waals surface area contributed by atoms with Gasteiger partial charge < -0.3 is 11.1 Å². The minimum atomic E-state index is -4.64. The molecule has 19 heavy (non-hydrogen) atoms. The molecule has 0 aliphatic rings. The lowest BCUT2D eigenvalue weighted by Crippen LogP contribution is -2.20. The maximum atomic E-state index is 12.6. The van der Waals surface area contributed by atoms with E-state index in [0.717, 1.165) is 6.20 Å². The third-order valence-electron chi connectivity index (χ3n) is 1.92. The Bertz CT molecular complexity index is 531. The molecule has 0 aliphatic carbocycles. The zero-order valence-corrected chi connectivity index (χ0v) is 10.0. The predicted octanol–water partition coefficient (Wildman–Crippen LogP) is 0.955. The van der Waals surface area contributed by atoms with Crippen molar-refractivity contribution in [2.75, 3.05) is 12.3 Å². The van der Waals surface area contributed by atoms with Gasteiger partial charge in [-0.05, 0) is 0 Å². The zero-order valence-electron chi connectivity index (χ0n) is 10.0. The van der Waals surface area contributed by atoms with Gasteiger partial charge in [-0.15, -0.1) is 0 Å². The van der Waals surface area contributed by atoms with Crippen LogP contribution in [0.2, 0.25) is 0 Å². The molecule has 5 nitrogen and oxygen atoms in total. The van der Waals surface area contributed by atoms with E-state index in [0.29, 0.717) is 0 Å². The van der Waals surface area contributed by atoms with Gasteiger partial charge in [0, 0.05) is 26.1 Å². The van der Waals surface area contributed by atoms with Crippen molar-refractivity contribution in [2.45, 2.75) is 19.5 Å². The average Bonchev–Trinajstić information content (AvgIpc) is 2.28. The molecule has 1 aromatic heterocycles. The Morgan fingerprint density at radius 2 is 2.21 bits per heavy atom. The first-order valence-electron chi connectivity index (χ1n) is 5.23. The predicted molar refractivity (Wildman–Crippen MR) is 61.6 cm³/mol. The van der Waals surface area contributed by atoms with Gasteiger partial charge in [0.15, 0.2) is 5.69 Å². The molecule has 1 rings (SSSR count). The summed E-state index contributed by atoms with van der Waals surface area (Å²) in [5.41, 5.74) is 3.61. The quantitative estimate of drug-likeness (QED) is 0.620. The number of nitrogens with one attached hydrogen (secondary N) is 1. The second kappa shape index (κ2) is 6.04. The average molecular weight is 272 g/mol. The van der Waals surface area contributed by atoms with Crippen molar-refractivity contribution in [1.82, 2.24) is 15.3 Å². The Kier molecular flexibility index (Phi) is 4.69. The van der Waals surface area contributed by atoms with Crippen LogP contribution >= 0.6 is 0 Å². The second-order valence-electron chi connectivity index (χ2n) is 3.52. The lowest BCUT2D eigenvalue weighted by Gasteiger charge is -2.07. The van der Waals surface area contributed by atoms with E-state index in [1.54, 1.807) is 0 Å². The molecular weight excluding hydrogens is 261 g/mol. The highest BCUT2D eigenvalue weighted by atomic mass is 19.4. The molecule has 3 N–H and O–H groups in total. The number of hydrogen-bond donors (Lipinski definition) is 2. The third kappa shape index (κ3) is 4.83. The summed E-state index contributed by atoms with van der Waals surface area (Å²) in [6.45, 7) is 1.60. The molecule has 1 heterocycles. The van der Waals surface area contributed by atoms with Crippen LogP contribution in [0.15, 0.2) is 6.20 Å². The molecular formula is C11H11F3N4O. The van der Waals surface area contributed by atoms with E-state index < -0.39 is 17.8 Å². The number of anilines is 1. The fourth-order valence-electron chi connectivity index (χ4n) is 1.16. The van der Waals surface area contributed by atoms with Crippen molar-refractivity contribution >= 4 is 11.9 Å². The summed E-state index contributed by atoms with van der Waals surface area (Å²) in [5, 5.41) is 2.47. The Morgan fingerprint density at radius 3 is 2.79 bits per heavy atom. The van der Waals surface area contributed by atoms with Crippen LogP contribution in [-0.2, 0) is 11.0 Å². The summed E-state index contributed by atoms with van der Waals surface area (Å²) < 4.78 is 37.9. The monoisotopic (exact) mass is 272 g/mol. The molecule has 0 bridgehead atoms. The minimum absolute atomic E-state index is 0.223. The van der Waals surface area contributed by atoms with Crippen LogP contribution in [0.5, 0.6) is 0 Å². The van der Waals surface area contributed by atoms with Crippen molar-refractivity contribution in [2.24, 2.45) is 0 Å². The van der Waals surface area contributed by atoms with Crippen LogP contribution in [0.25, 0.3) is 0 Å². The Hall–Kier alpha value is -2.30. The van der Waals surface area contributed by atoms with Gasteiger partial charge in [-0.2, -0.15) is 13.2 Å². The number of aromatic nitrogens is 2. The molecule has 1 amide bonds. The number of nitrogens with zero attached hydrogens (tertiary/aromatic N) is 2. The van der Waals surface area contributed by atoms with E-state index in [-0.39, 0.29) is 24.4 Å². The number of nitrogens with two attached hydrogens (primary N) is 1. The minimum Gasteiger partial charge on any atom is -0.368 e. The third-order valence-corrected chi connectivity index (χ3v) is 1.92. The Balaban J connectivity index is 2.84. The van der Waals surface area contributed by atoms with Gasteiger partial charge in [-0.25, -0.2) is 9.97 Å². The topological polar surface area (TPSA) is 80.9 Å². The van der Waals surface area contributed by atoms with E-state index in [2.05, 4.69) is 27.1 Å². The maximum Gasteiger partial charge on any atom is 0.434 e. The summed E-state index contributed by atoms with van der Waals surface area (Å²) in [6.07, 6.45) is -3.49. The molecule has 0 saturated heterocycles. The number of nitrogen functional groups attached to an aromatic ring is 1. The van der Waals surface area contributed by atoms with E-state index in [1.807, 2.05) is 0 Å². The number of halogens is 3. The summed E-state index contributed by atoms with van der Waals surface area (Å²) in [5.74, 6) is 4.13. The normalized spacial score (nSPS) is 10.5. The van der Waals surface area contributed by atoms with Gasteiger partial charge in [-0.1, -0.05) is 11.8 Å². The summed E-state index contributed by atoms with van der Waals surface area (Å²) in [6, 6.07) is 0. The molecule has 0 saturated carbocycles. The molecule has 0 radical (unpaired) electrons. The molecule has 0 unspecified atom stereocenters. The second-order valence-corrected chi connectivity index (χ2v) is 3.52. The fourth-order valence-corrected chi connectivity index (χ4v) is 1.16. The number of alkyl halides is 3. The Morgan fingerprint density at radius 1 is 1.53 bits per heavy atom. The van der Waals surface area contributed by atoms with Gasteiger partial charge in [0.25, 0.3) is 0 Å². The molecule has 0 aliphatic heterocycles. The highest BCUT2D eigenvalue weighted by Gasteiger charge is 2.35. The Labute approximate surface area is 107 Å². The van der Waals surface area contributed by atoms with Gasteiger partial charge in [-0.3, -0.25) is 4.79 Å². The standard InChI is InChI=1S/C11H11F3N4O/c1-7(19)16-5-3-2-4-8-6-17-10(15)18-9(8)11(12,13)14/h6H,3,5H2,1H3,(H,16,19)(H2,15,17,18). The molecule has 0 spiro atoms. The van der Waals surface area contributed by atoms with Gasteiger partial charge in [0.05, 0.1) is 5.56 Å². The van der Waals surface area contributed by atoms with Gasteiger partial charge in [0.2, 0.25) is 11.9 Å². The van der Waals surface area contributed by atoms with Crippen LogP contribution in [0.4, 0.5) is 19.1 Å². The number of carbonyl (C=O) groups is 1. The van der Waals surface area contributed by atoms with E-state index >= 15 is 0 Å². The van der Waals surface area contributed by atoms with Crippen molar-refractivity contribution in [3.63, 3.8) is 0 Å². The first-order valence-corrected chi connectivity index (χ1v) is 5.23. The van der Waals surface area contributed by atoms with E-state index in [4.69, 9.17) is 5.73 Å².